The maximum Gasteiger partial charge on any atom is 0.341 e. The van der Waals surface area contributed by atoms with Crippen molar-refractivity contribution in [3.8, 4) is 0 Å². The zero-order valence-electron chi connectivity index (χ0n) is 13.1. The summed E-state index contributed by atoms with van der Waals surface area (Å²) in [4.78, 5) is 25.1. The molecule has 0 bridgehead atoms. The minimum absolute atomic E-state index is 0.0849. The van der Waals surface area contributed by atoms with Crippen LogP contribution in [0.4, 0.5) is 5.00 Å². The third kappa shape index (κ3) is 4.54. The minimum atomic E-state index is -0.586. The summed E-state index contributed by atoms with van der Waals surface area (Å²) < 4.78 is 5.02. The number of anilines is 1. The second-order valence-electron chi connectivity index (χ2n) is 4.93. The molecule has 21 heavy (non-hydrogen) atoms. The summed E-state index contributed by atoms with van der Waals surface area (Å²) >= 11 is 1.39. The average molecular weight is 312 g/mol. The SMILES string of the molecule is CCOC(=O)c1cc(CC)sc1NC(=O)[C@@H](N)C(C)CC. The lowest BCUT2D eigenvalue weighted by Crippen LogP contribution is -2.40. The number of thiophene rings is 1. The molecule has 5 nitrogen and oxygen atoms in total. The normalized spacial score (nSPS) is 13.6. The molecule has 0 aliphatic rings. The van der Waals surface area contributed by atoms with Gasteiger partial charge in [0.05, 0.1) is 18.2 Å². The lowest BCUT2D eigenvalue weighted by Gasteiger charge is -2.17. The number of rotatable bonds is 7. The van der Waals surface area contributed by atoms with Gasteiger partial charge in [-0.05, 0) is 25.3 Å². The van der Waals surface area contributed by atoms with E-state index in [0.29, 0.717) is 17.2 Å². The first-order valence-corrected chi connectivity index (χ1v) is 8.12. The molecule has 0 aromatic carbocycles. The summed E-state index contributed by atoms with van der Waals surface area (Å²) in [6.45, 7) is 7.97. The molecule has 118 valence electrons. The van der Waals surface area contributed by atoms with Gasteiger partial charge in [0.15, 0.2) is 0 Å². The lowest BCUT2D eigenvalue weighted by molar-refractivity contribution is -0.118. The lowest BCUT2D eigenvalue weighted by atomic mass is 9.99. The van der Waals surface area contributed by atoms with Crippen LogP contribution in [-0.4, -0.2) is 24.5 Å². The van der Waals surface area contributed by atoms with Crippen LogP contribution in [0.5, 0.6) is 0 Å². The van der Waals surface area contributed by atoms with Crippen LogP contribution < -0.4 is 11.1 Å². The predicted octanol–water partition coefficient (Wildman–Crippen LogP) is 2.80. The quantitative estimate of drug-likeness (QED) is 0.759. The van der Waals surface area contributed by atoms with Gasteiger partial charge in [0.1, 0.15) is 5.00 Å². The van der Waals surface area contributed by atoms with E-state index in [0.717, 1.165) is 17.7 Å². The Bertz CT molecular complexity index is 499. The molecule has 1 aromatic heterocycles. The van der Waals surface area contributed by atoms with E-state index in [9.17, 15) is 9.59 Å². The first-order valence-electron chi connectivity index (χ1n) is 7.30. The highest BCUT2D eigenvalue weighted by Crippen LogP contribution is 2.29. The summed E-state index contributed by atoms with van der Waals surface area (Å²) in [5.74, 6) is -0.595. The van der Waals surface area contributed by atoms with Crippen LogP contribution >= 0.6 is 11.3 Å². The number of nitrogens with one attached hydrogen (secondary N) is 1. The van der Waals surface area contributed by atoms with Crippen LogP contribution in [0.2, 0.25) is 0 Å². The number of ether oxygens (including phenoxy) is 1. The molecule has 1 amide bonds. The highest BCUT2D eigenvalue weighted by atomic mass is 32.1. The van der Waals surface area contributed by atoms with Gasteiger partial charge in [0.2, 0.25) is 5.91 Å². The van der Waals surface area contributed by atoms with E-state index in [1.165, 1.54) is 11.3 Å². The molecule has 0 aliphatic heterocycles. The first kappa shape index (κ1) is 17.7. The predicted molar refractivity (Wildman–Crippen MR) is 85.7 cm³/mol. The van der Waals surface area contributed by atoms with Crippen molar-refractivity contribution in [3.05, 3.63) is 16.5 Å². The van der Waals surface area contributed by atoms with E-state index >= 15 is 0 Å². The van der Waals surface area contributed by atoms with Gasteiger partial charge in [0, 0.05) is 4.88 Å². The zero-order valence-corrected chi connectivity index (χ0v) is 13.9. The number of hydrogen-bond acceptors (Lipinski definition) is 5. The Hall–Kier alpha value is -1.40. The standard InChI is InChI=1S/C15H24N2O3S/c1-5-9(4)12(16)13(18)17-14-11(15(19)20-7-3)8-10(6-2)21-14/h8-9,12H,5-7,16H2,1-4H3,(H,17,18)/t9?,12-/m0/s1. The Morgan fingerprint density at radius 1 is 1.38 bits per heavy atom. The molecule has 1 aromatic rings. The first-order chi connectivity index (χ1) is 9.94. The van der Waals surface area contributed by atoms with E-state index in [2.05, 4.69) is 5.32 Å². The molecule has 6 heteroatoms. The van der Waals surface area contributed by atoms with Gasteiger partial charge < -0.3 is 15.8 Å². The summed E-state index contributed by atoms with van der Waals surface area (Å²) in [7, 11) is 0. The number of carbonyl (C=O) groups is 2. The Labute approximate surface area is 129 Å². The Kier molecular flexibility index (Phi) is 6.84. The molecule has 0 spiro atoms. The Morgan fingerprint density at radius 2 is 2.05 bits per heavy atom. The molecule has 0 radical (unpaired) electrons. The molecule has 1 rings (SSSR count). The molecular formula is C15H24N2O3S. The average Bonchev–Trinajstić information content (AvgIpc) is 2.88. The molecule has 3 N–H and O–H groups in total. The molecule has 0 fully saturated rings. The van der Waals surface area contributed by atoms with E-state index in [1.807, 2.05) is 20.8 Å². The largest absolute Gasteiger partial charge is 0.462 e. The van der Waals surface area contributed by atoms with Gasteiger partial charge in [-0.1, -0.05) is 27.2 Å². The smallest absolute Gasteiger partial charge is 0.341 e. The summed E-state index contributed by atoms with van der Waals surface area (Å²) in [6.07, 6.45) is 1.62. The number of hydrogen-bond donors (Lipinski definition) is 2. The topological polar surface area (TPSA) is 81.4 Å². The van der Waals surface area contributed by atoms with Crippen LogP contribution in [0.25, 0.3) is 0 Å². The fourth-order valence-corrected chi connectivity index (χ4v) is 2.76. The van der Waals surface area contributed by atoms with Crippen molar-refractivity contribution in [2.45, 2.75) is 46.6 Å². The highest BCUT2D eigenvalue weighted by molar-refractivity contribution is 7.16. The molecule has 1 heterocycles. The van der Waals surface area contributed by atoms with Crippen molar-refractivity contribution in [1.29, 1.82) is 0 Å². The second kappa shape index (κ2) is 8.14. The van der Waals surface area contributed by atoms with Gasteiger partial charge in [-0.2, -0.15) is 0 Å². The van der Waals surface area contributed by atoms with E-state index in [-0.39, 0.29) is 11.8 Å². The van der Waals surface area contributed by atoms with E-state index in [4.69, 9.17) is 10.5 Å². The monoisotopic (exact) mass is 312 g/mol. The molecule has 0 aliphatic carbocycles. The number of aryl methyl sites for hydroxylation is 1. The summed E-state index contributed by atoms with van der Waals surface area (Å²) in [5.41, 5.74) is 6.33. The van der Waals surface area contributed by atoms with Crippen LogP contribution in [0.3, 0.4) is 0 Å². The minimum Gasteiger partial charge on any atom is -0.462 e. The number of esters is 1. The molecular weight excluding hydrogens is 288 g/mol. The fourth-order valence-electron chi connectivity index (χ4n) is 1.78. The van der Waals surface area contributed by atoms with Crippen LogP contribution in [-0.2, 0) is 16.0 Å². The van der Waals surface area contributed by atoms with Crippen LogP contribution in [0.15, 0.2) is 6.07 Å². The Morgan fingerprint density at radius 3 is 2.57 bits per heavy atom. The van der Waals surface area contributed by atoms with Gasteiger partial charge >= 0.3 is 5.97 Å². The fraction of sp³-hybridized carbons (Fsp3) is 0.600. The van der Waals surface area contributed by atoms with Crippen molar-refractivity contribution < 1.29 is 14.3 Å². The van der Waals surface area contributed by atoms with E-state index in [1.54, 1.807) is 13.0 Å². The molecule has 0 saturated heterocycles. The summed E-state index contributed by atoms with van der Waals surface area (Å²) in [6, 6.07) is 1.18. The van der Waals surface area contributed by atoms with Gasteiger partial charge in [-0.3, -0.25) is 4.79 Å². The number of carbonyl (C=O) groups excluding carboxylic acids is 2. The third-order valence-corrected chi connectivity index (χ3v) is 4.62. The van der Waals surface area contributed by atoms with Gasteiger partial charge in [-0.15, -0.1) is 11.3 Å². The van der Waals surface area contributed by atoms with Crippen molar-refractivity contribution in [2.75, 3.05) is 11.9 Å². The second-order valence-corrected chi connectivity index (χ2v) is 6.07. The highest BCUT2D eigenvalue weighted by Gasteiger charge is 2.23. The molecule has 1 unspecified atom stereocenters. The van der Waals surface area contributed by atoms with Crippen LogP contribution in [0.1, 0.15) is 49.4 Å². The zero-order chi connectivity index (χ0) is 16.0. The van der Waals surface area contributed by atoms with Crippen molar-refractivity contribution in [2.24, 2.45) is 11.7 Å². The van der Waals surface area contributed by atoms with Crippen molar-refractivity contribution in [1.82, 2.24) is 0 Å². The third-order valence-electron chi connectivity index (χ3n) is 3.42. The molecule has 2 atom stereocenters. The van der Waals surface area contributed by atoms with E-state index < -0.39 is 12.0 Å². The summed E-state index contributed by atoms with van der Waals surface area (Å²) in [5, 5.41) is 3.30. The van der Waals surface area contributed by atoms with Crippen LogP contribution in [0, 0.1) is 5.92 Å². The van der Waals surface area contributed by atoms with Gasteiger partial charge in [0.25, 0.3) is 0 Å². The maximum atomic E-state index is 12.2. The maximum absolute atomic E-state index is 12.2. The number of amides is 1. The molecule has 0 saturated carbocycles. The van der Waals surface area contributed by atoms with Crippen molar-refractivity contribution in [3.63, 3.8) is 0 Å². The van der Waals surface area contributed by atoms with Crippen molar-refractivity contribution >= 4 is 28.2 Å². The van der Waals surface area contributed by atoms with Gasteiger partial charge in [-0.25, -0.2) is 4.79 Å². The Balaban J connectivity index is 2.93. The number of nitrogens with two attached hydrogens (primary N) is 1.